The Morgan fingerprint density at radius 1 is 1.17 bits per heavy atom. The molecule has 1 aromatic heterocycles. The fraction of sp³-hybridized carbons (Fsp3) is 0.500. The van der Waals surface area contributed by atoms with Gasteiger partial charge in [-0.2, -0.15) is 0 Å². The molecule has 0 radical (unpaired) electrons. The molecule has 1 N–H and O–H groups in total. The van der Waals surface area contributed by atoms with Gasteiger partial charge in [-0.25, -0.2) is 0 Å². The summed E-state index contributed by atoms with van der Waals surface area (Å²) in [5, 5.41) is 10.9. The molecule has 0 bridgehead atoms. The first-order valence-corrected chi connectivity index (χ1v) is 10.3. The van der Waals surface area contributed by atoms with E-state index in [1.54, 1.807) is 12.1 Å². The highest BCUT2D eigenvalue weighted by Gasteiger charge is 2.18. The highest BCUT2D eigenvalue weighted by molar-refractivity contribution is 5.92. The molecule has 3 rings (SSSR count). The second-order valence-corrected chi connectivity index (χ2v) is 7.67. The van der Waals surface area contributed by atoms with Crippen molar-refractivity contribution in [2.45, 2.75) is 25.4 Å². The van der Waals surface area contributed by atoms with Crippen LogP contribution in [0.15, 0.2) is 36.4 Å². The Hall–Kier alpha value is -2.71. The maximum Gasteiger partial charge on any atom is 0.272 e. The van der Waals surface area contributed by atoms with Crippen LogP contribution in [0.25, 0.3) is 0 Å². The Labute approximate surface area is 178 Å². The molecule has 30 heavy (non-hydrogen) atoms. The minimum Gasteiger partial charge on any atom is -0.492 e. The lowest BCUT2D eigenvalue weighted by Gasteiger charge is -2.31. The normalized spacial score (nSPS) is 14.5. The number of carbonyl (C=O) groups is 1. The number of nitrogens with zero attached hydrogens (tertiary/aromatic N) is 4. The molecular weight excluding hydrogens is 382 g/mol. The van der Waals surface area contributed by atoms with Gasteiger partial charge in [0.1, 0.15) is 12.4 Å². The summed E-state index contributed by atoms with van der Waals surface area (Å²) >= 11 is 0. The molecule has 1 aliphatic heterocycles. The van der Waals surface area contributed by atoms with Gasteiger partial charge >= 0.3 is 0 Å². The van der Waals surface area contributed by atoms with Crippen molar-refractivity contribution in [3.8, 4) is 5.75 Å². The van der Waals surface area contributed by atoms with Crippen LogP contribution in [0.1, 0.15) is 28.9 Å². The number of aromatic nitrogens is 2. The van der Waals surface area contributed by atoms with Crippen molar-refractivity contribution in [1.82, 2.24) is 20.4 Å². The van der Waals surface area contributed by atoms with Gasteiger partial charge in [-0.1, -0.05) is 12.1 Å². The van der Waals surface area contributed by atoms with Crippen LogP contribution in [0, 0.1) is 0 Å². The third-order valence-electron chi connectivity index (χ3n) is 5.22. The third kappa shape index (κ3) is 6.40. The van der Waals surface area contributed by atoms with Crippen molar-refractivity contribution in [2.75, 3.05) is 52.4 Å². The van der Waals surface area contributed by atoms with Gasteiger partial charge in [0.2, 0.25) is 0 Å². The number of carbonyl (C=O) groups excluding carboxylic acids is 1. The summed E-state index contributed by atoms with van der Waals surface area (Å²) in [4.78, 5) is 16.5. The van der Waals surface area contributed by atoms with Gasteiger partial charge in [0, 0.05) is 46.4 Å². The van der Waals surface area contributed by atoms with Gasteiger partial charge in [-0.3, -0.25) is 9.69 Å². The number of anilines is 1. The first-order chi connectivity index (χ1) is 14.5. The van der Waals surface area contributed by atoms with Crippen molar-refractivity contribution in [2.24, 2.45) is 0 Å². The summed E-state index contributed by atoms with van der Waals surface area (Å²) in [6.45, 7) is 3.57. The summed E-state index contributed by atoms with van der Waals surface area (Å²) in [5.41, 5.74) is 1.26. The highest BCUT2D eigenvalue weighted by atomic mass is 16.5. The zero-order valence-electron chi connectivity index (χ0n) is 18.0. The van der Waals surface area contributed by atoms with E-state index in [-0.39, 0.29) is 5.91 Å². The monoisotopic (exact) mass is 413 g/mol. The Bertz CT molecular complexity index is 807. The van der Waals surface area contributed by atoms with E-state index in [2.05, 4.69) is 27.5 Å². The van der Waals surface area contributed by atoms with Gasteiger partial charge in [0.25, 0.3) is 5.91 Å². The molecule has 1 aromatic carbocycles. The van der Waals surface area contributed by atoms with Crippen LogP contribution >= 0.6 is 0 Å². The second kappa shape index (κ2) is 10.9. The van der Waals surface area contributed by atoms with Gasteiger partial charge in [0.15, 0.2) is 11.5 Å². The number of nitrogens with one attached hydrogen (secondary N) is 1. The molecule has 1 amide bonds. The highest BCUT2D eigenvalue weighted by Crippen LogP contribution is 2.15. The molecule has 0 atom stereocenters. The molecule has 2 heterocycles. The quantitative estimate of drug-likeness (QED) is 0.673. The molecule has 8 heteroatoms. The van der Waals surface area contributed by atoms with Gasteiger partial charge in [-0.15, -0.1) is 10.2 Å². The van der Waals surface area contributed by atoms with E-state index in [4.69, 9.17) is 9.47 Å². The van der Waals surface area contributed by atoms with Gasteiger partial charge in [-0.05, 0) is 49.7 Å². The van der Waals surface area contributed by atoms with E-state index in [9.17, 15) is 4.79 Å². The van der Waals surface area contributed by atoms with E-state index < -0.39 is 0 Å². The summed E-state index contributed by atoms with van der Waals surface area (Å²) in [6.07, 6.45) is 2.15. The van der Waals surface area contributed by atoms with Crippen molar-refractivity contribution in [3.63, 3.8) is 0 Å². The second-order valence-electron chi connectivity index (χ2n) is 7.67. The maximum atomic E-state index is 12.3. The molecule has 1 fully saturated rings. The van der Waals surface area contributed by atoms with Crippen LogP contribution in [-0.4, -0.2) is 74.6 Å². The smallest absolute Gasteiger partial charge is 0.272 e. The zero-order valence-corrected chi connectivity index (χ0v) is 18.0. The number of hydrogen-bond donors (Lipinski definition) is 1. The lowest BCUT2D eigenvalue weighted by molar-refractivity contribution is 0.0392. The lowest BCUT2D eigenvalue weighted by Crippen LogP contribution is -2.38. The molecule has 8 nitrogen and oxygen atoms in total. The summed E-state index contributed by atoms with van der Waals surface area (Å²) in [6, 6.07) is 11.8. The molecule has 0 unspecified atom stereocenters. The Kier molecular flexibility index (Phi) is 7.98. The average molecular weight is 414 g/mol. The number of rotatable bonds is 9. The minimum absolute atomic E-state index is 0.253. The van der Waals surface area contributed by atoms with Crippen LogP contribution in [0.2, 0.25) is 0 Å². The van der Waals surface area contributed by atoms with Crippen molar-refractivity contribution in [1.29, 1.82) is 0 Å². The predicted molar refractivity (Wildman–Crippen MR) is 116 cm³/mol. The Balaban J connectivity index is 1.44. The predicted octanol–water partition coefficient (Wildman–Crippen LogP) is 1.96. The SMILES string of the molecule is CN(C)c1ccc(C(=O)NCc2cccc(OCCN(C)C3CCOCC3)c2)nn1. The van der Waals surface area contributed by atoms with Crippen molar-refractivity contribution in [3.05, 3.63) is 47.7 Å². The number of likely N-dealkylation sites (N-methyl/N-ethyl adjacent to an activating group) is 1. The van der Waals surface area contributed by atoms with Crippen molar-refractivity contribution >= 4 is 11.7 Å². The molecule has 1 aliphatic rings. The molecular formula is C22H31N5O3. The first-order valence-electron chi connectivity index (χ1n) is 10.3. The Morgan fingerprint density at radius 2 is 1.97 bits per heavy atom. The minimum atomic E-state index is -0.253. The largest absolute Gasteiger partial charge is 0.492 e. The molecule has 1 saturated heterocycles. The van der Waals surface area contributed by atoms with E-state index in [0.717, 1.165) is 43.9 Å². The Morgan fingerprint density at radius 3 is 2.67 bits per heavy atom. The van der Waals surface area contributed by atoms with E-state index in [1.807, 2.05) is 43.3 Å². The van der Waals surface area contributed by atoms with Crippen LogP contribution in [-0.2, 0) is 11.3 Å². The molecule has 0 aliphatic carbocycles. The summed E-state index contributed by atoms with van der Waals surface area (Å²) < 4.78 is 11.3. The van der Waals surface area contributed by atoms with E-state index >= 15 is 0 Å². The fourth-order valence-corrected chi connectivity index (χ4v) is 3.32. The van der Waals surface area contributed by atoms with Gasteiger partial charge < -0.3 is 19.7 Å². The molecule has 162 valence electrons. The molecule has 0 saturated carbocycles. The number of ether oxygens (including phenoxy) is 2. The van der Waals surface area contributed by atoms with Gasteiger partial charge in [0.05, 0.1) is 0 Å². The topological polar surface area (TPSA) is 79.8 Å². The number of benzene rings is 1. The van der Waals surface area contributed by atoms with Crippen LogP contribution in [0.3, 0.4) is 0 Å². The summed E-state index contributed by atoms with van der Waals surface area (Å²) in [5.74, 6) is 1.26. The first kappa shape index (κ1) is 22.0. The van der Waals surface area contributed by atoms with Crippen LogP contribution in [0.5, 0.6) is 5.75 Å². The third-order valence-corrected chi connectivity index (χ3v) is 5.22. The molecule has 0 spiro atoms. The van der Waals surface area contributed by atoms with Crippen LogP contribution in [0.4, 0.5) is 5.82 Å². The molecule has 2 aromatic rings. The fourth-order valence-electron chi connectivity index (χ4n) is 3.32. The average Bonchev–Trinajstić information content (AvgIpc) is 2.78. The summed E-state index contributed by atoms with van der Waals surface area (Å²) in [7, 11) is 5.89. The zero-order chi connectivity index (χ0) is 21.3. The lowest BCUT2D eigenvalue weighted by atomic mass is 10.1. The number of amides is 1. The van der Waals surface area contributed by atoms with Crippen molar-refractivity contribution < 1.29 is 14.3 Å². The standard InChI is InChI=1S/C22H31N5O3/c1-26(2)21-8-7-20(24-25-21)22(28)23-16-17-5-4-6-19(15-17)30-14-11-27(3)18-9-12-29-13-10-18/h4-8,15,18H,9-14,16H2,1-3H3,(H,23,28). The van der Waals surface area contributed by atoms with E-state index in [1.165, 1.54) is 0 Å². The van der Waals surface area contributed by atoms with E-state index in [0.29, 0.717) is 30.7 Å². The maximum absolute atomic E-state index is 12.3. The number of hydrogen-bond acceptors (Lipinski definition) is 7. The van der Waals surface area contributed by atoms with Crippen LogP contribution < -0.4 is 15.0 Å².